The van der Waals surface area contributed by atoms with Gasteiger partial charge < -0.3 is 35.4 Å². The molecule has 5 N–H and O–H groups in total. The molecule has 0 fully saturated rings. The van der Waals surface area contributed by atoms with Crippen molar-refractivity contribution in [2.45, 2.75) is 12.3 Å². The Labute approximate surface area is 159 Å². The minimum atomic E-state index is -0.866. The maximum Gasteiger partial charge on any atom is 0.143 e. The molecule has 0 bridgehead atoms. The predicted molar refractivity (Wildman–Crippen MR) is 105 cm³/mol. The SMILES string of the molecule is OCCN(CCOCC(O)CO)c1ccc(/C=C/C2=CNC(O)C=C2)cc1. The van der Waals surface area contributed by atoms with E-state index in [9.17, 15) is 15.3 Å². The third kappa shape index (κ3) is 7.54. The Bertz CT molecular complexity index is 642. The molecule has 2 rings (SSSR count). The first-order chi connectivity index (χ1) is 13.1. The average molecular weight is 376 g/mol. The number of nitrogens with zero attached hydrogens (tertiary/aromatic N) is 1. The maximum atomic E-state index is 9.33. The van der Waals surface area contributed by atoms with Crippen LogP contribution in [-0.2, 0) is 4.74 Å². The molecule has 2 atom stereocenters. The lowest BCUT2D eigenvalue weighted by Gasteiger charge is -2.24. The largest absolute Gasteiger partial charge is 0.395 e. The predicted octanol–water partition coefficient (Wildman–Crippen LogP) is 0.230. The summed E-state index contributed by atoms with van der Waals surface area (Å²) >= 11 is 0. The van der Waals surface area contributed by atoms with Gasteiger partial charge in [0.25, 0.3) is 0 Å². The maximum absolute atomic E-state index is 9.33. The van der Waals surface area contributed by atoms with Crippen molar-refractivity contribution in [3.8, 4) is 0 Å². The van der Waals surface area contributed by atoms with Gasteiger partial charge in [0.15, 0.2) is 0 Å². The van der Waals surface area contributed by atoms with Gasteiger partial charge in [-0.2, -0.15) is 0 Å². The lowest BCUT2D eigenvalue weighted by atomic mass is 10.1. The number of aliphatic hydroxyl groups is 4. The van der Waals surface area contributed by atoms with Gasteiger partial charge in [-0.05, 0) is 29.3 Å². The molecular formula is C20H28N2O5. The number of nitrogens with one attached hydrogen (secondary N) is 1. The summed E-state index contributed by atoms with van der Waals surface area (Å²) in [5, 5.41) is 39.5. The third-order valence-corrected chi connectivity index (χ3v) is 4.01. The highest BCUT2D eigenvalue weighted by molar-refractivity contribution is 5.59. The van der Waals surface area contributed by atoms with Crippen molar-refractivity contribution in [3.63, 3.8) is 0 Å². The van der Waals surface area contributed by atoms with Crippen LogP contribution in [0.5, 0.6) is 0 Å². The number of dihydropyridines is 1. The standard InChI is InChI=1S/C20H28N2O5/c23-11-9-22(10-12-27-15-19(25)14-24)18-6-3-16(4-7-18)1-2-17-5-8-20(26)21-13-17/h1-8,13,19-21,23-26H,9-12,14-15H2/b2-1+. The average Bonchev–Trinajstić information content (AvgIpc) is 2.70. The minimum Gasteiger partial charge on any atom is -0.395 e. The first-order valence-corrected chi connectivity index (χ1v) is 8.95. The van der Waals surface area contributed by atoms with Gasteiger partial charge >= 0.3 is 0 Å². The monoisotopic (exact) mass is 376 g/mol. The van der Waals surface area contributed by atoms with Crippen molar-refractivity contribution < 1.29 is 25.2 Å². The van der Waals surface area contributed by atoms with Crippen molar-refractivity contribution >= 4 is 11.8 Å². The zero-order valence-corrected chi connectivity index (χ0v) is 15.2. The van der Waals surface area contributed by atoms with Gasteiger partial charge in [0.1, 0.15) is 12.3 Å². The van der Waals surface area contributed by atoms with E-state index in [1.165, 1.54) is 0 Å². The second kappa shape index (κ2) is 11.5. The Morgan fingerprint density at radius 3 is 2.56 bits per heavy atom. The van der Waals surface area contributed by atoms with Crippen LogP contribution in [0.3, 0.4) is 0 Å². The van der Waals surface area contributed by atoms with E-state index < -0.39 is 12.3 Å². The zero-order chi connectivity index (χ0) is 19.5. The van der Waals surface area contributed by atoms with Crippen LogP contribution < -0.4 is 10.2 Å². The number of hydrogen-bond acceptors (Lipinski definition) is 7. The fourth-order valence-corrected chi connectivity index (χ4v) is 2.52. The van der Waals surface area contributed by atoms with Crippen molar-refractivity contribution in [2.24, 2.45) is 0 Å². The van der Waals surface area contributed by atoms with E-state index in [2.05, 4.69) is 5.32 Å². The quantitative estimate of drug-likeness (QED) is 0.352. The summed E-state index contributed by atoms with van der Waals surface area (Å²) in [5.74, 6) is 0. The molecule has 0 aromatic heterocycles. The number of allylic oxidation sites excluding steroid dienone is 3. The van der Waals surface area contributed by atoms with Crippen LogP contribution in [0.2, 0.25) is 0 Å². The van der Waals surface area contributed by atoms with Crippen LogP contribution in [0.15, 0.2) is 54.3 Å². The highest BCUT2D eigenvalue weighted by Gasteiger charge is 2.07. The van der Waals surface area contributed by atoms with Crippen LogP contribution in [0.1, 0.15) is 5.56 Å². The number of hydrogen-bond donors (Lipinski definition) is 5. The van der Waals surface area contributed by atoms with Crippen LogP contribution in [0.25, 0.3) is 6.08 Å². The van der Waals surface area contributed by atoms with Crippen LogP contribution in [0.4, 0.5) is 5.69 Å². The van der Waals surface area contributed by atoms with E-state index in [-0.39, 0.29) is 19.8 Å². The van der Waals surface area contributed by atoms with Crippen LogP contribution >= 0.6 is 0 Å². The molecule has 1 aliphatic rings. The fraction of sp³-hybridized carbons (Fsp3) is 0.400. The Hall–Kier alpha value is -2.16. The summed E-state index contributed by atoms with van der Waals surface area (Å²) in [6.07, 6.45) is 7.72. The zero-order valence-electron chi connectivity index (χ0n) is 15.2. The van der Waals surface area contributed by atoms with Gasteiger partial charge in [0, 0.05) is 25.0 Å². The van der Waals surface area contributed by atoms with E-state index in [0.29, 0.717) is 19.7 Å². The highest BCUT2D eigenvalue weighted by atomic mass is 16.5. The van der Waals surface area contributed by atoms with Crippen molar-refractivity contribution in [3.05, 3.63) is 59.8 Å². The normalized spacial score (nSPS) is 17.6. The number of rotatable bonds is 11. The molecule has 1 heterocycles. The summed E-state index contributed by atoms with van der Waals surface area (Å²) in [6, 6.07) is 7.93. The second-order valence-electron chi connectivity index (χ2n) is 6.16. The molecule has 0 amide bonds. The number of benzene rings is 1. The van der Waals surface area contributed by atoms with Crippen molar-refractivity contribution in [2.75, 3.05) is 44.4 Å². The molecule has 1 aromatic carbocycles. The van der Waals surface area contributed by atoms with E-state index in [1.54, 1.807) is 12.3 Å². The van der Waals surface area contributed by atoms with Gasteiger partial charge in [-0.1, -0.05) is 30.4 Å². The first kappa shape index (κ1) is 21.1. The molecule has 0 aliphatic carbocycles. The molecule has 7 nitrogen and oxygen atoms in total. The van der Waals surface area contributed by atoms with E-state index in [4.69, 9.17) is 9.84 Å². The molecule has 148 valence electrons. The lowest BCUT2D eigenvalue weighted by molar-refractivity contribution is 0.00832. The van der Waals surface area contributed by atoms with E-state index >= 15 is 0 Å². The lowest BCUT2D eigenvalue weighted by Crippen LogP contribution is -2.31. The molecule has 0 spiro atoms. The molecule has 0 saturated carbocycles. The molecule has 1 aromatic rings. The Morgan fingerprint density at radius 2 is 1.93 bits per heavy atom. The van der Waals surface area contributed by atoms with Gasteiger partial charge in [-0.15, -0.1) is 0 Å². The van der Waals surface area contributed by atoms with Crippen molar-refractivity contribution in [1.82, 2.24) is 5.32 Å². The van der Waals surface area contributed by atoms with E-state index in [1.807, 2.05) is 47.4 Å². The minimum absolute atomic E-state index is 0.0280. The Morgan fingerprint density at radius 1 is 1.15 bits per heavy atom. The fourth-order valence-electron chi connectivity index (χ4n) is 2.52. The van der Waals surface area contributed by atoms with Crippen LogP contribution in [-0.4, -0.2) is 72.3 Å². The van der Waals surface area contributed by atoms with E-state index in [0.717, 1.165) is 16.8 Å². The number of aliphatic hydroxyl groups excluding tert-OH is 4. The number of ether oxygens (including phenoxy) is 1. The van der Waals surface area contributed by atoms with Crippen molar-refractivity contribution in [1.29, 1.82) is 0 Å². The topological polar surface area (TPSA) is 105 Å². The summed E-state index contributed by atoms with van der Waals surface area (Å²) in [6.45, 7) is 1.23. The molecule has 27 heavy (non-hydrogen) atoms. The highest BCUT2D eigenvalue weighted by Crippen LogP contribution is 2.17. The van der Waals surface area contributed by atoms with Gasteiger partial charge in [-0.3, -0.25) is 0 Å². The summed E-state index contributed by atoms with van der Waals surface area (Å²) < 4.78 is 5.34. The first-order valence-electron chi connectivity index (χ1n) is 8.95. The molecule has 0 saturated heterocycles. The number of anilines is 1. The third-order valence-electron chi connectivity index (χ3n) is 4.01. The smallest absolute Gasteiger partial charge is 0.143 e. The molecule has 2 unspecified atom stereocenters. The molecule has 1 aliphatic heterocycles. The van der Waals surface area contributed by atoms with Crippen LogP contribution in [0, 0.1) is 0 Å². The molecule has 0 radical (unpaired) electrons. The summed E-state index contributed by atoms with van der Waals surface area (Å²) in [5.41, 5.74) is 2.97. The van der Waals surface area contributed by atoms with Gasteiger partial charge in [-0.25, -0.2) is 0 Å². The Balaban J connectivity index is 1.89. The molecular weight excluding hydrogens is 348 g/mol. The summed E-state index contributed by atoms with van der Waals surface area (Å²) in [7, 11) is 0. The Kier molecular flexibility index (Phi) is 9.03. The van der Waals surface area contributed by atoms with Gasteiger partial charge in [0.05, 0.1) is 26.4 Å². The van der Waals surface area contributed by atoms with Gasteiger partial charge in [0.2, 0.25) is 0 Å². The second-order valence-corrected chi connectivity index (χ2v) is 6.16. The summed E-state index contributed by atoms with van der Waals surface area (Å²) in [4.78, 5) is 2.00. The molecule has 7 heteroatoms.